The highest BCUT2D eigenvalue weighted by Gasteiger charge is 2.61. The summed E-state index contributed by atoms with van der Waals surface area (Å²) in [5.74, 6) is -0.459. The Morgan fingerprint density at radius 3 is 2.37 bits per heavy atom. The van der Waals surface area contributed by atoms with Gasteiger partial charge in [-0.15, -0.1) is 4.91 Å². The van der Waals surface area contributed by atoms with Crippen LogP contribution in [-0.4, -0.2) is 23.2 Å². The number of rotatable bonds is 8. The molecule has 0 fully saturated rings. The van der Waals surface area contributed by atoms with Crippen LogP contribution in [0.5, 0.6) is 0 Å². The lowest BCUT2D eigenvalue weighted by atomic mass is 9.82. The fraction of sp³-hybridized carbons (Fsp3) is 0.120. The summed E-state index contributed by atoms with van der Waals surface area (Å²) in [6.07, 6.45) is -2.64. The van der Waals surface area contributed by atoms with Crippen molar-refractivity contribution in [3.05, 3.63) is 100 Å². The topological polar surface area (TPSA) is 87.3 Å². The number of carbonyl (C=O) groups excluding carboxylic acids is 1. The number of carbonyl (C=O) groups is 1. The van der Waals surface area contributed by atoms with Gasteiger partial charge in [0.1, 0.15) is 12.1 Å². The van der Waals surface area contributed by atoms with Crippen LogP contribution in [0.1, 0.15) is 16.7 Å². The largest absolute Gasteiger partial charge is 0.425 e. The molecule has 0 bridgehead atoms. The third kappa shape index (κ3) is 4.07. The lowest BCUT2D eigenvalue weighted by molar-refractivity contribution is -0.176. The Kier molecular flexibility index (Phi) is 6.21. The number of hydrogen-bond donors (Lipinski definition) is 2. The minimum atomic E-state index is -5.14. The normalized spacial score (nSPS) is 13.3. The molecule has 10 heteroatoms. The molecule has 1 aromatic heterocycles. The molecule has 0 aliphatic rings. The average Bonchev–Trinajstić information content (AvgIpc) is 3.20. The van der Waals surface area contributed by atoms with Gasteiger partial charge in [0.15, 0.2) is 0 Å². The first-order valence-corrected chi connectivity index (χ1v) is 10.4. The van der Waals surface area contributed by atoms with Crippen LogP contribution < -0.4 is 5.32 Å². The molecular formula is C25H18F4N4O2. The van der Waals surface area contributed by atoms with Gasteiger partial charge in [-0.05, 0) is 53.2 Å². The molecule has 6 nitrogen and oxygen atoms in total. The zero-order valence-corrected chi connectivity index (χ0v) is 18.0. The summed E-state index contributed by atoms with van der Waals surface area (Å²) in [6, 6.07) is 14.9. The van der Waals surface area contributed by atoms with Crippen molar-refractivity contribution in [2.75, 3.05) is 5.32 Å². The van der Waals surface area contributed by atoms with Crippen LogP contribution in [-0.2, 0) is 16.9 Å². The van der Waals surface area contributed by atoms with Gasteiger partial charge in [-0.1, -0.05) is 24.3 Å². The van der Waals surface area contributed by atoms with Crippen LogP contribution >= 0.6 is 0 Å². The second kappa shape index (κ2) is 9.13. The summed E-state index contributed by atoms with van der Waals surface area (Å²) >= 11 is 0. The molecule has 0 radical (unpaired) electrons. The van der Waals surface area contributed by atoms with Crippen molar-refractivity contribution in [3.63, 3.8) is 0 Å². The lowest BCUT2D eigenvalue weighted by Crippen LogP contribution is -2.41. The molecule has 1 unspecified atom stereocenters. The van der Waals surface area contributed by atoms with Crippen LogP contribution in [0.2, 0.25) is 0 Å². The van der Waals surface area contributed by atoms with Crippen LogP contribution in [0.15, 0.2) is 78.1 Å². The maximum absolute atomic E-state index is 14.7. The summed E-state index contributed by atoms with van der Waals surface area (Å²) in [5, 5.41) is 13.4. The monoisotopic (exact) mass is 482 g/mol. The highest BCUT2D eigenvalue weighted by Crippen LogP contribution is 2.50. The van der Waals surface area contributed by atoms with Crippen LogP contribution in [0, 0.1) is 16.1 Å². The standard InChI is InChI=1S/C25H18F4N4O2/c26-18-6-8-19(9-7-18)31-22-10-5-17(13-16(22)14-30)24(32-35,25(27,28)29)21-15-33(11-12-34)23-4-2-1-3-20(21)23/h1-10,12-15,30-31H,11H2. The third-order valence-electron chi connectivity index (χ3n) is 5.74. The van der Waals surface area contributed by atoms with Gasteiger partial charge in [0, 0.05) is 45.8 Å². The Bertz CT molecular complexity index is 1410. The second-order valence-corrected chi connectivity index (χ2v) is 7.76. The van der Waals surface area contributed by atoms with E-state index >= 15 is 0 Å². The first-order valence-electron chi connectivity index (χ1n) is 10.4. The number of aromatic nitrogens is 1. The number of nitroso groups, excluding NO2 is 1. The number of nitrogens with zero attached hydrogens (tertiary/aromatic N) is 2. The van der Waals surface area contributed by atoms with Crippen molar-refractivity contribution in [1.29, 1.82) is 5.41 Å². The molecule has 2 N–H and O–H groups in total. The molecule has 0 aliphatic heterocycles. The van der Waals surface area contributed by atoms with E-state index in [9.17, 15) is 27.3 Å². The summed E-state index contributed by atoms with van der Waals surface area (Å²) in [4.78, 5) is 23.3. The number of para-hydroxylation sites is 1. The number of nitrogens with one attached hydrogen (secondary N) is 2. The Morgan fingerprint density at radius 1 is 1.03 bits per heavy atom. The van der Waals surface area contributed by atoms with E-state index in [1.165, 1.54) is 47.0 Å². The first-order chi connectivity index (χ1) is 16.7. The van der Waals surface area contributed by atoms with E-state index in [0.717, 1.165) is 24.5 Å². The summed E-state index contributed by atoms with van der Waals surface area (Å²) in [7, 11) is 0. The van der Waals surface area contributed by atoms with E-state index in [0.29, 0.717) is 17.5 Å². The number of fused-ring (bicyclic) bond motifs is 1. The summed E-state index contributed by atoms with van der Waals surface area (Å²) < 4.78 is 58.7. The van der Waals surface area contributed by atoms with Crippen LogP contribution in [0.25, 0.3) is 10.9 Å². The maximum Gasteiger partial charge on any atom is 0.425 e. The molecule has 1 heterocycles. The van der Waals surface area contributed by atoms with Gasteiger partial charge >= 0.3 is 6.18 Å². The molecule has 1 atom stereocenters. The summed E-state index contributed by atoms with van der Waals surface area (Å²) in [6.45, 7) is -0.209. The fourth-order valence-corrected chi connectivity index (χ4v) is 4.10. The van der Waals surface area contributed by atoms with Crippen LogP contribution in [0.4, 0.5) is 28.9 Å². The van der Waals surface area contributed by atoms with E-state index < -0.39 is 28.7 Å². The molecule has 4 aromatic rings. The summed E-state index contributed by atoms with van der Waals surface area (Å²) in [5.41, 5.74) is -3.08. The van der Waals surface area contributed by atoms with Crippen molar-refractivity contribution < 1.29 is 22.4 Å². The number of hydrogen-bond acceptors (Lipinski definition) is 5. The van der Waals surface area contributed by atoms with Gasteiger partial charge < -0.3 is 20.1 Å². The Hall–Kier alpha value is -4.34. The van der Waals surface area contributed by atoms with Gasteiger partial charge in [-0.3, -0.25) is 0 Å². The maximum atomic E-state index is 14.7. The smallest absolute Gasteiger partial charge is 0.355 e. The van der Waals surface area contributed by atoms with Gasteiger partial charge in [0.25, 0.3) is 0 Å². The van der Waals surface area contributed by atoms with Gasteiger partial charge in [-0.25, -0.2) is 4.39 Å². The molecule has 3 aromatic carbocycles. The number of aldehydes is 1. The zero-order valence-electron chi connectivity index (χ0n) is 18.0. The van der Waals surface area contributed by atoms with E-state index in [1.807, 2.05) is 0 Å². The highest BCUT2D eigenvalue weighted by atomic mass is 19.4. The first kappa shape index (κ1) is 23.8. The average molecular weight is 482 g/mol. The van der Waals surface area contributed by atoms with Crippen molar-refractivity contribution >= 4 is 34.8 Å². The molecule has 0 aliphatic carbocycles. The van der Waals surface area contributed by atoms with Gasteiger partial charge in [-0.2, -0.15) is 13.2 Å². The predicted octanol–water partition coefficient (Wildman–Crippen LogP) is 6.29. The van der Waals surface area contributed by atoms with Crippen LogP contribution in [0.3, 0.4) is 0 Å². The van der Waals surface area contributed by atoms with Crippen molar-refractivity contribution in [2.24, 2.45) is 5.18 Å². The lowest BCUT2D eigenvalue weighted by Gasteiger charge is -2.30. The molecule has 178 valence electrons. The molecule has 0 amide bonds. The second-order valence-electron chi connectivity index (χ2n) is 7.76. The van der Waals surface area contributed by atoms with Crippen molar-refractivity contribution in [1.82, 2.24) is 4.57 Å². The fourth-order valence-electron chi connectivity index (χ4n) is 4.10. The SMILES string of the molecule is N=Cc1cc(C(N=O)(c2cn(CC=O)c3ccccc23)C(F)(F)F)ccc1Nc1ccc(F)cc1. The number of benzene rings is 3. The quantitative estimate of drug-likeness (QED) is 0.134. The minimum absolute atomic E-state index is 0.0562. The van der Waals surface area contributed by atoms with Gasteiger partial charge in [0.2, 0.25) is 5.54 Å². The molecule has 0 saturated heterocycles. The molecule has 35 heavy (non-hydrogen) atoms. The Balaban J connectivity index is 1.92. The molecular weight excluding hydrogens is 464 g/mol. The zero-order chi connectivity index (χ0) is 25.2. The minimum Gasteiger partial charge on any atom is -0.355 e. The van der Waals surface area contributed by atoms with E-state index in [1.54, 1.807) is 12.1 Å². The number of halogens is 4. The molecule has 0 saturated carbocycles. The van der Waals surface area contributed by atoms with Gasteiger partial charge in [0.05, 0.1) is 6.54 Å². The Morgan fingerprint density at radius 2 is 1.74 bits per heavy atom. The predicted molar refractivity (Wildman–Crippen MR) is 125 cm³/mol. The van der Waals surface area contributed by atoms with E-state index in [-0.39, 0.29) is 23.2 Å². The van der Waals surface area contributed by atoms with Crippen molar-refractivity contribution in [2.45, 2.75) is 18.3 Å². The van der Waals surface area contributed by atoms with E-state index in [2.05, 4.69) is 10.5 Å². The van der Waals surface area contributed by atoms with Crippen molar-refractivity contribution in [3.8, 4) is 0 Å². The number of alkyl halides is 3. The number of anilines is 2. The van der Waals surface area contributed by atoms with E-state index in [4.69, 9.17) is 5.41 Å². The third-order valence-corrected chi connectivity index (χ3v) is 5.74. The molecule has 4 rings (SSSR count). The Labute approximate surface area is 196 Å². The molecule has 0 spiro atoms. The highest BCUT2D eigenvalue weighted by molar-refractivity contribution is 5.89.